The lowest BCUT2D eigenvalue weighted by molar-refractivity contribution is 0.0814. The molecule has 4 heteroatoms. The maximum absolute atomic E-state index is 6.31. The molecule has 2 aliphatic carbocycles. The standard InChI is InChI=1S/C22H38N2O2/c1-7-19(25-6)15-17-9-8-10-21(17)16(2)22(23-3)26-20-13-11-18(12-14-20)24(4)5/h10,17-20H,2,7-9,11-15H2,1,3-6H3/t17-,18?,19-,20?/m1/s1. The highest BCUT2D eigenvalue weighted by Crippen LogP contribution is 2.36. The average molecular weight is 363 g/mol. The Morgan fingerprint density at radius 1 is 1.27 bits per heavy atom. The van der Waals surface area contributed by atoms with Crippen LogP contribution in [0.1, 0.15) is 58.3 Å². The molecule has 1 saturated carbocycles. The van der Waals surface area contributed by atoms with Gasteiger partial charge in [0.25, 0.3) is 0 Å². The van der Waals surface area contributed by atoms with E-state index in [0.717, 1.165) is 43.6 Å². The van der Waals surface area contributed by atoms with E-state index in [1.807, 2.05) is 14.2 Å². The van der Waals surface area contributed by atoms with Gasteiger partial charge >= 0.3 is 0 Å². The van der Waals surface area contributed by atoms with Crippen molar-refractivity contribution in [3.05, 3.63) is 23.8 Å². The van der Waals surface area contributed by atoms with Crippen LogP contribution in [0.25, 0.3) is 0 Å². The normalized spacial score (nSPS) is 28.2. The van der Waals surface area contributed by atoms with Gasteiger partial charge in [-0.1, -0.05) is 19.6 Å². The second-order valence-electron chi connectivity index (χ2n) is 7.95. The van der Waals surface area contributed by atoms with Crippen LogP contribution in [-0.2, 0) is 9.47 Å². The number of allylic oxidation sites excluding steroid dienone is 1. The molecule has 0 aromatic rings. The molecule has 2 atom stereocenters. The molecule has 0 heterocycles. The van der Waals surface area contributed by atoms with Crippen molar-refractivity contribution in [2.45, 2.75) is 76.5 Å². The molecule has 0 saturated heterocycles. The molecule has 148 valence electrons. The van der Waals surface area contributed by atoms with Gasteiger partial charge in [-0.15, -0.1) is 0 Å². The maximum atomic E-state index is 6.31. The van der Waals surface area contributed by atoms with Gasteiger partial charge in [0.15, 0.2) is 0 Å². The smallest absolute Gasteiger partial charge is 0.215 e. The van der Waals surface area contributed by atoms with Crippen molar-refractivity contribution in [1.29, 1.82) is 0 Å². The molecular weight excluding hydrogens is 324 g/mol. The molecule has 4 nitrogen and oxygen atoms in total. The van der Waals surface area contributed by atoms with E-state index in [1.54, 1.807) is 0 Å². The van der Waals surface area contributed by atoms with Crippen molar-refractivity contribution in [3.63, 3.8) is 0 Å². The lowest BCUT2D eigenvalue weighted by atomic mass is 9.89. The molecule has 2 aliphatic rings. The largest absolute Gasteiger partial charge is 0.474 e. The first-order valence-corrected chi connectivity index (χ1v) is 10.2. The van der Waals surface area contributed by atoms with Crippen LogP contribution in [0.15, 0.2) is 28.8 Å². The summed E-state index contributed by atoms with van der Waals surface area (Å²) < 4.78 is 11.9. The molecular formula is C22H38N2O2. The van der Waals surface area contributed by atoms with Crippen molar-refractivity contribution < 1.29 is 9.47 Å². The Morgan fingerprint density at radius 2 is 1.96 bits per heavy atom. The van der Waals surface area contributed by atoms with Crippen LogP contribution in [-0.4, -0.2) is 57.3 Å². The minimum Gasteiger partial charge on any atom is -0.474 e. The summed E-state index contributed by atoms with van der Waals surface area (Å²) in [7, 11) is 7.97. The second kappa shape index (κ2) is 10.3. The van der Waals surface area contributed by atoms with Gasteiger partial charge in [-0.2, -0.15) is 0 Å². The number of rotatable bonds is 8. The number of nitrogens with zero attached hydrogens (tertiary/aromatic N) is 2. The molecule has 0 amide bonds. The van der Waals surface area contributed by atoms with Crippen LogP contribution in [0.4, 0.5) is 0 Å². The zero-order valence-corrected chi connectivity index (χ0v) is 17.5. The Morgan fingerprint density at radius 3 is 2.50 bits per heavy atom. The molecule has 0 radical (unpaired) electrons. The second-order valence-corrected chi connectivity index (χ2v) is 7.95. The molecule has 0 aromatic carbocycles. The van der Waals surface area contributed by atoms with Gasteiger partial charge in [-0.25, -0.2) is 0 Å². The zero-order valence-electron chi connectivity index (χ0n) is 17.5. The Labute approximate surface area is 160 Å². The monoisotopic (exact) mass is 362 g/mol. The highest BCUT2D eigenvalue weighted by molar-refractivity contribution is 5.97. The summed E-state index contributed by atoms with van der Waals surface area (Å²) in [5.41, 5.74) is 2.30. The van der Waals surface area contributed by atoms with Gasteiger partial charge in [-0.3, -0.25) is 4.99 Å². The van der Waals surface area contributed by atoms with E-state index in [1.165, 1.54) is 24.8 Å². The summed E-state index contributed by atoms with van der Waals surface area (Å²) >= 11 is 0. The summed E-state index contributed by atoms with van der Waals surface area (Å²) in [6, 6.07) is 0.682. The number of methoxy groups -OCH3 is 1. The third kappa shape index (κ3) is 5.43. The molecule has 0 unspecified atom stereocenters. The van der Waals surface area contributed by atoms with E-state index < -0.39 is 0 Å². The first-order valence-electron chi connectivity index (χ1n) is 10.2. The van der Waals surface area contributed by atoms with Crippen LogP contribution in [0.5, 0.6) is 0 Å². The Hall–Kier alpha value is -1.13. The fourth-order valence-corrected chi connectivity index (χ4v) is 4.34. The van der Waals surface area contributed by atoms with E-state index in [0.29, 0.717) is 18.1 Å². The minimum absolute atomic E-state index is 0.268. The summed E-state index contributed by atoms with van der Waals surface area (Å²) in [6.07, 6.45) is 11.9. The van der Waals surface area contributed by atoms with E-state index in [2.05, 4.69) is 43.6 Å². The zero-order chi connectivity index (χ0) is 19.1. The predicted molar refractivity (Wildman–Crippen MR) is 110 cm³/mol. The van der Waals surface area contributed by atoms with Gasteiger partial charge in [0.05, 0.1) is 6.10 Å². The first-order chi connectivity index (χ1) is 12.5. The Kier molecular flexibility index (Phi) is 8.36. The predicted octanol–water partition coefficient (Wildman–Crippen LogP) is 4.61. The van der Waals surface area contributed by atoms with Gasteiger partial charge in [0.2, 0.25) is 5.90 Å². The third-order valence-corrected chi connectivity index (χ3v) is 6.12. The quantitative estimate of drug-likeness (QED) is 0.467. The highest BCUT2D eigenvalue weighted by atomic mass is 16.5. The van der Waals surface area contributed by atoms with Crippen LogP contribution >= 0.6 is 0 Å². The van der Waals surface area contributed by atoms with Gasteiger partial charge in [0.1, 0.15) is 6.10 Å². The van der Waals surface area contributed by atoms with E-state index in [4.69, 9.17) is 9.47 Å². The third-order valence-electron chi connectivity index (χ3n) is 6.12. The van der Waals surface area contributed by atoms with Crippen molar-refractivity contribution >= 4 is 5.90 Å². The minimum atomic E-state index is 0.268. The molecule has 0 N–H and O–H groups in total. The summed E-state index contributed by atoms with van der Waals surface area (Å²) in [6.45, 7) is 6.54. The average Bonchev–Trinajstić information content (AvgIpc) is 3.12. The number of ether oxygens (including phenoxy) is 2. The van der Waals surface area contributed by atoms with Gasteiger partial charge < -0.3 is 14.4 Å². The Bertz CT molecular complexity index is 512. The lowest BCUT2D eigenvalue weighted by Gasteiger charge is -2.33. The molecule has 1 fully saturated rings. The fourth-order valence-electron chi connectivity index (χ4n) is 4.34. The van der Waals surface area contributed by atoms with Crippen LogP contribution < -0.4 is 0 Å². The number of aliphatic imine (C=N–C) groups is 1. The summed E-state index contributed by atoms with van der Waals surface area (Å²) in [5.74, 6) is 1.25. The molecule has 2 rings (SSSR count). The SMILES string of the molecule is C=C(C1=CCC[C@@H]1C[C@@H](CC)OC)C(=NC)OC1CCC(N(C)C)CC1. The Balaban J connectivity index is 1.94. The first kappa shape index (κ1) is 21.2. The lowest BCUT2D eigenvalue weighted by Crippen LogP contribution is -2.35. The van der Waals surface area contributed by atoms with Crippen LogP contribution in [0.3, 0.4) is 0 Å². The van der Waals surface area contributed by atoms with Gasteiger partial charge in [0, 0.05) is 25.8 Å². The van der Waals surface area contributed by atoms with Crippen LogP contribution in [0, 0.1) is 5.92 Å². The number of hydrogen-bond acceptors (Lipinski definition) is 4. The highest BCUT2D eigenvalue weighted by Gasteiger charge is 2.29. The van der Waals surface area contributed by atoms with Crippen LogP contribution in [0.2, 0.25) is 0 Å². The van der Waals surface area contributed by atoms with Crippen molar-refractivity contribution in [1.82, 2.24) is 4.90 Å². The summed E-state index contributed by atoms with van der Waals surface area (Å²) in [4.78, 5) is 6.78. The van der Waals surface area contributed by atoms with Crippen molar-refractivity contribution in [2.75, 3.05) is 28.3 Å². The topological polar surface area (TPSA) is 34.1 Å². The molecule has 0 spiro atoms. The van der Waals surface area contributed by atoms with Gasteiger partial charge in [-0.05, 0) is 77.0 Å². The molecule has 0 aromatic heterocycles. The summed E-state index contributed by atoms with van der Waals surface area (Å²) in [5, 5.41) is 0. The molecule has 0 aliphatic heterocycles. The van der Waals surface area contributed by atoms with E-state index in [-0.39, 0.29) is 6.10 Å². The maximum Gasteiger partial charge on any atom is 0.215 e. The van der Waals surface area contributed by atoms with E-state index in [9.17, 15) is 0 Å². The van der Waals surface area contributed by atoms with E-state index >= 15 is 0 Å². The van der Waals surface area contributed by atoms with Crippen molar-refractivity contribution in [3.8, 4) is 0 Å². The number of hydrogen-bond donors (Lipinski definition) is 0. The fraction of sp³-hybridized carbons (Fsp3) is 0.773. The van der Waals surface area contributed by atoms with Crippen molar-refractivity contribution in [2.24, 2.45) is 10.9 Å². The molecule has 0 bridgehead atoms. The molecule has 26 heavy (non-hydrogen) atoms.